The van der Waals surface area contributed by atoms with Gasteiger partial charge >= 0.3 is 12.7 Å². The largest absolute Gasteiger partial charge is 0.573 e. The number of rotatable bonds is 6. The molecule has 3 rings (SSSR count). The van der Waals surface area contributed by atoms with Gasteiger partial charge in [0.2, 0.25) is 0 Å². The predicted molar refractivity (Wildman–Crippen MR) is 106 cm³/mol. The van der Waals surface area contributed by atoms with Crippen molar-refractivity contribution in [2.45, 2.75) is 17.6 Å². The Morgan fingerprint density at radius 3 is 1.19 bits per heavy atom. The Labute approximate surface area is 178 Å². The molecule has 0 bridgehead atoms. The van der Waals surface area contributed by atoms with Gasteiger partial charge in [0.1, 0.15) is 11.5 Å². The monoisotopic (exact) mass is 459 g/mol. The zero-order chi connectivity index (χ0) is 22.6. The van der Waals surface area contributed by atoms with Crippen molar-refractivity contribution < 1.29 is 35.8 Å². The highest BCUT2D eigenvalue weighted by Crippen LogP contribution is 2.37. The van der Waals surface area contributed by atoms with Crippen LogP contribution in [0.1, 0.15) is 0 Å². The molecule has 0 atom stereocenters. The molecule has 0 aliphatic carbocycles. The molecule has 0 radical (unpaired) electrons. The van der Waals surface area contributed by atoms with Gasteiger partial charge in [0.25, 0.3) is 0 Å². The van der Waals surface area contributed by atoms with Crippen LogP contribution in [0.2, 0.25) is 0 Å². The summed E-state index contributed by atoms with van der Waals surface area (Å²) in [6, 6.07) is 17.6. The lowest BCUT2D eigenvalue weighted by Crippen LogP contribution is -2.17. The first-order valence-electron chi connectivity index (χ1n) is 8.70. The minimum atomic E-state index is -4.82. The summed E-state index contributed by atoms with van der Waals surface area (Å²) >= 11 is 1.53. The van der Waals surface area contributed by atoms with Crippen LogP contribution in [0.4, 0.5) is 43.4 Å². The van der Waals surface area contributed by atoms with E-state index in [-0.39, 0.29) is 11.5 Å². The Balaban J connectivity index is 1.97. The number of ether oxygens (including phenoxy) is 2. The van der Waals surface area contributed by atoms with Crippen LogP contribution in [0.5, 0.6) is 11.5 Å². The Hall–Kier alpha value is -3.01. The Morgan fingerprint density at radius 2 is 0.903 bits per heavy atom. The third-order valence-corrected chi connectivity index (χ3v) is 4.73. The summed E-state index contributed by atoms with van der Waals surface area (Å²) < 4.78 is 82.4. The van der Waals surface area contributed by atoms with Gasteiger partial charge < -0.3 is 14.4 Å². The number of nitrogens with zero attached hydrogens (tertiary/aromatic N) is 1. The molecule has 10 heteroatoms. The molecule has 0 N–H and O–H groups in total. The van der Waals surface area contributed by atoms with Crippen LogP contribution >= 0.6 is 11.8 Å². The molecule has 0 spiro atoms. The van der Waals surface area contributed by atoms with Crippen LogP contribution in [-0.4, -0.2) is 19.0 Å². The maximum absolute atomic E-state index is 12.4. The molecule has 3 nitrogen and oxygen atoms in total. The van der Waals surface area contributed by atoms with Gasteiger partial charge in [-0.05, 0) is 79.1 Å². The summed E-state index contributed by atoms with van der Waals surface area (Å²) in [6.07, 6.45) is -7.72. The van der Waals surface area contributed by atoms with E-state index >= 15 is 0 Å². The third kappa shape index (κ3) is 6.48. The van der Waals surface area contributed by atoms with Crippen molar-refractivity contribution in [3.8, 4) is 11.5 Å². The van der Waals surface area contributed by atoms with Crippen LogP contribution in [0.15, 0.2) is 77.7 Å². The van der Waals surface area contributed by atoms with Crippen LogP contribution in [-0.2, 0) is 0 Å². The zero-order valence-electron chi connectivity index (χ0n) is 15.9. The molecule has 3 aromatic rings. The van der Waals surface area contributed by atoms with Gasteiger partial charge in [-0.15, -0.1) is 38.1 Å². The lowest BCUT2D eigenvalue weighted by molar-refractivity contribution is -0.275. The Bertz CT molecular complexity index is 927. The van der Waals surface area contributed by atoms with Crippen LogP contribution in [0.3, 0.4) is 0 Å². The highest BCUT2D eigenvalue weighted by molar-refractivity contribution is 7.98. The van der Waals surface area contributed by atoms with Gasteiger partial charge in [-0.1, -0.05) is 0 Å². The van der Waals surface area contributed by atoms with Crippen molar-refractivity contribution in [2.24, 2.45) is 0 Å². The van der Waals surface area contributed by atoms with E-state index < -0.39 is 12.7 Å². The Kier molecular flexibility index (Phi) is 6.59. The second kappa shape index (κ2) is 9.01. The fourth-order valence-corrected chi connectivity index (χ4v) is 3.18. The van der Waals surface area contributed by atoms with Crippen molar-refractivity contribution in [1.29, 1.82) is 0 Å². The minimum Gasteiger partial charge on any atom is -0.406 e. The molecule has 0 saturated heterocycles. The van der Waals surface area contributed by atoms with E-state index in [1.54, 1.807) is 17.0 Å². The maximum Gasteiger partial charge on any atom is 0.573 e. The molecule has 0 amide bonds. The van der Waals surface area contributed by atoms with Crippen LogP contribution in [0.25, 0.3) is 0 Å². The molecule has 0 unspecified atom stereocenters. The van der Waals surface area contributed by atoms with E-state index in [1.165, 1.54) is 36.0 Å². The number of anilines is 3. The average Bonchev–Trinajstić information content (AvgIpc) is 2.69. The van der Waals surface area contributed by atoms with Gasteiger partial charge in [-0.3, -0.25) is 0 Å². The number of halogens is 6. The first-order chi connectivity index (χ1) is 14.5. The number of hydrogen-bond acceptors (Lipinski definition) is 4. The molecule has 0 aliphatic rings. The van der Waals surface area contributed by atoms with Crippen LogP contribution < -0.4 is 14.4 Å². The second-order valence-corrected chi connectivity index (χ2v) is 7.00. The fourth-order valence-electron chi connectivity index (χ4n) is 2.77. The molecule has 0 aliphatic heterocycles. The van der Waals surface area contributed by atoms with E-state index in [1.807, 2.05) is 18.4 Å². The molecule has 31 heavy (non-hydrogen) atoms. The summed E-state index contributed by atoms with van der Waals surface area (Å²) in [7, 11) is 0. The number of thioether (sulfide) groups is 1. The summed E-state index contributed by atoms with van der Waals surface area (Å²) in [4.78, 5) is 2.67. The van der Waals surface area contributed by atoms with Gasteiger partial charge in [-0.2, -0.15) is 0 Å². The van der Waals surface area contributed by atoms with E-state index in [4.69, 9.17) is 0 Å². The normalized spacial score (nSPS) is 11.8. The zero-order valence-corrected chi connectivity index (χ0v) is 16.7. The topological polar surface area (TPSA) is 21.7 Å². The fraction of sp³-hybridized carbons (Fsp3) is 0.143. The van der Waals surface area contributed by atoms with Crippen LogP contribution in [0, 0.1) is 0 Å². The standard InChI is InChI=1S/C21H15F6NO2S/c1-31-19-12-6-16(7-13-19)28(14-2-8-17(9-3-14)29-20(22,23)24)15-4-10-18(11-5-15)30-21(25,26)27/h2-13H,1H3. The van der Waals surface area contributed by atoms with Gasteiger partial charge in [0.15, 0.2) is 0 Å². The van der Waals surface area contributed by atoms with E-state index in [2.05, 4.69) is 9.47 Å². The maximum atomic E-state index is 12.4. The van der Waals surface area contributed by atoms with Crippen molar-refractivity contribution in [3.05, 3.63) is 72.8 Å². The van der Waals surface area contributed by atoms with Crippen molar-refractivity contribution in [3.63, 3.8) is 0 Å². The summed E-state index contributed by atoms with van der Waals surface area (Å²) in [6.45, 7) is 0. The molecule has 0 fully saturated rings. The summed E-state index contributed by atoms with van der Waals surface area (Å²) in [5, 5.41) is 0. The lowest BCUT2D eigenvalue weighted by atomic mass is 10.2. The lowest BCUT2D eigenvalue weighted by Gasteiger charge is -2.26. The Morgan fingerprint density at radius 1 is 0.581 bits per heavy atom. The van der Waals surface area contributed by atoms with Crippen molar-refractivity contribution in [2.75, 3.05) is 11.2 Å². The SMILES string of the molecule is CSc1ccc(N(c2ccc(OC(F)(F)F)cc2)c2ccc(OC(F)(F)F)cc2)cc1. The molecular formula is C21H15F6NO2S. The van der Waals surface area contributed by atoms with E-state index in [9.17, 15) is 26.3 Å². The second-order valence-electron chi connectivity index (χ2n) is 6.12. The highest BCUT2D eigenvalue weighted by atomic mass is 32.2. The summed E-state index contributed by atoms with van der Waals surface area (Å²) in [5.41, 5.74) is 1.62. The smallest absolute Gasteiger partial charge is 0.406 e. The molecule has 3 aromatic carbocycles. The molecule has 0 aromatic heterocycles. The first-order valence-corrected chi connectivity index (χ1v) is 9.92. The van der Waals surface area contributed by atoms with Gasteiger partial charge in [0.05, 0.1) is 0 Å². The molecule has 0 saturated carbocycles. The molecule has 0 heterocycles. The van der Waals surface area contributed by atoms with Gasteiger partial charge in [-0.25, -0.2) is 0 Å². The predicted octanol–water partition coefficient (Wildman–Crippen LogP) is 7.68. The average molecular weight is 459 g/mol. The summed E-state index contributed by atoms with van der Waals surface area (Å²) in [5.74, 6) is -0.772. The minimum absolute atomic E-state index is 0.386. The first kappa shape index (κ1) is 22.7. The molecule has 164 valence electrons. The van der Waals surface area contributed by atoms with E-state index in [0.717, 1.165) is 29.2 Å². The number of alkyl halides is 6. The van der Waals surface area contributed by atoms with E-state index in [0.29, 0.717) is 17.1 Å². The highest BCUT2D eigenvalue weighted by Gasteiger charge is 2.32. The number of hydrogen-bond donors (Lipinski definition) is 0. The molecular weight excluding hydrogens is 444 g/mol. The van der Waals surface area contributed by atoms with Crippen molar-refractivity contribution >= 4 is 28.8 Å². The number of benzene rings is 3. The quantitative estimate of drug-likeness (QED) is 0.278. The van der Waals surface area contributed by atoms with Gasteiger partial charge in [0, 0.05) is 22.0 Å². The van der Waals surface area contributed by atoms with Crippen molar-refractivity contribution in [1.82, 2.24) is 0 Å². The third-order valence-electron chi connectivity index (χ3n) is 3.99.